The molecule has 0 saturated heterocycles. The number of ether oxygens (including phenoxy) is 2. The summed E-state index contributed by atoms with van der Waals surface area (Å²) in [5.74, 6) is 3.41. The van der Waals surface area contributed by atoms with E-state index in [1.54, 1.807) is 36.9 Å². The average Bonchev–Trinajstić information content (AvgIpc) is 4.19. The van der Waals surface area contributed by atoms with Crippen molar-refractivity contribution in [2.75, 3.05) is 23.8 Å². The largest absolute Gasteiger partial charge is 0.492 e. The fraction of sp³-hybridized carbons (Fsp3) is 0.271. The van der Waals surface area contributed by atoms with Crippen molar-refractivity contribution in [3.63, 3.8) is 0 Å². The van der Waals surface area contributed by atoms with Gasteiger partial charge in [0, 0.05) is 67.8 Å². The highest BCUT2D eigenvalue weighted by Gasteiger charge is 2.21. The van der Waals surface area contributed by atoms with Crippen LogP contribution in [0.2, 0.25) is 0 Å². The average molecular weight is 1270 g/mol. The van der Waals surface area contributed by atoms with E-state index in [4.69, 9.17) is 19.5 Å². The number of halogens is 2. The van der Waals surface area contributed by atoms with E-state index in [1.165, 1.54) is 6.20 Å². The highest BCUT2D eigenvalue weighted by molar-refractivity contribution is 14.1. The number of nitrogens with one attached hydrogen (secondary N) is 2. The van der Waals surface area contributed by atoms with Crippen LogP contribution in [0, 0.1) is 15.4 Å². The van der Waals surface area contributed by atoms with Crippen LogP contribution in [-0.2, 0) is 32.4 Å². The van der Waals surface area contributed by atoms with Gasteiger partial charge < -0.3 is 39.3 Å². The second kappa shape index (κ2) is 29.1. The van der Waals surface area contributed by atoms with Crippen LogP contribution in [0.25, 0.3) is 34.2 Å². The predicted molar refractivity (Wildman–Crippen MR) is 324 cm³/mol. The minimum Gasteiger partial charge on any atom is -0.492 e. The highest BCUT2D eigenvalue weighted by Crippen LogP contribution is 2.30. The van der Waals surface area contributed by atoms with E-state index < -0.39 is 7.12 Å². The Hall–Kier alpha value is -7.80. The number of aromatic nitrogens is 11. The number of fused-ring (bicyclic) bond motifs is 10. The smallest absolute Gasteiger partial charge is 0.490 e. The summed E-state index contributed by atoms with van der Waals surface area (Å²) in [5, 5.41) is 39.7. The van der Waals surface area contributed by atoms with Crippen LogP contribution in [0.5, 0.6) is 11.5 Å². The number of carbonyl (C=O) groups is 2. The Balaban J connectivity index is 0.000000161. The molecule has 2 aliphatic rings. The monoisotopic (exact) mass is 1270 g/mol. The summed E-state index contributed by atoms with van der Waals surface area (Å²) in [5.41, 5.74) is 7.69. The summed E-state index contributed by atoms with van der Waals surface area (Å²) in [7, 11) is -1.41. The van der Waals surface area contributed by atoms with Gasteiger partial charge in [0.05, 0.1) is 24.3 Å². The van der Waals surface area contributed by atoms with E-state index >= 15 is 0 Å². The Morgan fingerprint density at radius 1 is 0.617 bits per heavy atom. The van der Waals surface area contributed by atoms with Gasteiger partial charge in [-0.1, -0.05) is 65.0 Å². The predicted octanol–water partition coefficient (Wildman–Crippen LogP) is 9.98. The lowest BCUT2D eigenvalue weighted by Crippen LogP contribution is -2.30. The number of aryl methyl sites for hydroxylation is 5. The van der Waals surface area contributed by atoms with Gasteiger partial charge in [0.1, 0.15) is 47.2 Å². The third kappa shape index (κ3) is 16.6. The van der Waals surface area contributed by atoms with E-state index in [0.29, 0.717) is 81.9 Å². The number of amides is 2. The van der Waals surface area contributed by atoms with Crippen molar-refractivity contribution in [3.8, 4) is 45.7 Å². The number of benzene rings is 2. The molecule has 11 rings (SSSR count). The number of hydrogen-bond donors (Lipinski definition) is 4. The van der Waals surface area contributed by atoms with Crippen LogP contribution in [-0.4, -0.2) is 96.6 Å². The molecule has 9 heterocycles. The lowest BCUT2D eigenvalue weighted by Gasteiger charge is -2.18. The van der Waals surface area contributed by atoms with Crippen molar-refractivity contribution >= 4 is 74.6 Å². The Morgan fingerprint density at radius 3 is 1.59 bits per heavy atom. The molecule has 0 aliphatic carbocycles. The molecule has 2 aliphatic heterocycles. The molecule has 0 spiro atoms. The topological polar surface area (TPSA) is 243 Å². The van der Waals surface area contributed by atoms with Gasteiger partial charge in [-0.3, -0.25) is 24.5 Å². The lowest BCUT2D eigenvalue weighted by molar-refractivity contribution is 0.101. The van der Waals surface area contributed by atoms with E-state index in [1.807, 2.05) is 113 Å². The lowest BCUT2D eigenvalue weighted by atomic mass is 9.82. The summed E-state index contributed by atoms with van der Waals surface area (Å²) in [6.45, 7) is 13.0. The van der Waals surface area contributed by atoms with Crippen LogP contribution < -0.4 is 25.6 Å². The molecular weight excluding hydrogens is 1200 g/mol. The number of nitrogens with zero attached hydrogens (tertiary/aromatic N) is 11. The minimum atomic E-state index is -1.41. The zero-order chi connectivity index (χ0) is 57.3. The van der Waals surface area contributed by atoms with Crippen molar-refractivity contribution in [1.29, 1.82) is 0 Å². The first kappa shape index (κ1) is 59.3. The normalized spacial score (nSPS) is 14.8. The minimum absolute atomic E-state index is 0.251. The van der Waals surface area contributed by atoms with Gasteiger partial charge in [0.2, 0.25) is 0 Å². The first-order valence-electron chi connectivity index (χ1n) is 26.7. The van der Waals surface area contributed by atoms with Crippen LogP contribution in [0.4, 0.5) is 11.6 Å². The number of carbonyl (C=O) groups excluding carboxylic acids is 2. The molecule has 4 N–H and O–H groups in total. The van der Waals surface area contributed by atoms with Crippen molar-refractivity contribution in [2.45, 2.75) is 79.8 Å². The van der Waals surface area contributed by atoms with E-state index in [2.05, 4.69) is 122 Å². The summed E-state index contributed by atoms with van der Waals surface area (Å²) in [4.78, 5) is 48.0. The Labute approximate surface area is 492 Å². The maximum absolute atomic E-state index is 13.4. The third-order valence-electron chi connectivity index (χ3n) is 13.0. The second-order valence-corrected chi connectivity index (χ2v) is 21.4. The highest BCUT2D eigenvalue weighted by atomic mass is 127. The SMILES string of the molecule is CCc1ccc(-c2ccc3c(c2)C(=O)Nc2cccc(n2)-c2nncn2CC[C@@H](C)CO3)cn1.CCc1ccc(B(O)O)cn1.CCc1ccc(Br)cn1.C[C@@H]1CCn2cnnc2-c2cccc(n2)NC(=O)c2cc(I)ccc2OC1. The fourth-order valence-electron chi connectivity index (χ4n) is 8.24. The van der Waals surface area contributed by atoms with Crippen LogP contribution in [0.1, 0.15) is 85.3 Å². The molecule has 19 nitrogen and oxygen atoms in total. The number of rotatable bonds is 5. The molecule has 7 aromatic heterocycles. The number of hydrogen-bond acceptors (Lipinski definition) is 15. The molecular formula is C59H62BBrIN13O6. The molecule has 81 heavy (non-hydrogen) atoms. The van der Waals surface area contributed by atoms with Gasteiger partial charge in [-0.25, -0.2) is 9.97 Å². The molecule has 416 valence electrons. The standard InChI is InChI=1S/C26H26N6O2.C19H18IN5O2.C7H10BNO2.C7H8BrN/c1-3-20-9-7-19(14-27-20)18-8-10-23-21(13-18)26(33)30-24-6-4-5-22(29-24)25-31-28-16-32(25)12-11-17(2)15-34-23;1-12-7-8-25-11-21-24-18(25)15-3-2-4-17(22-15)23-19(26)14-9-13(20)5-6-16(14)27-10-12;1-2-7-4-3-6(5-9-7)8(10)11;1-2-7-4-3-6(8)5-9-7/h4-10,13-14,16-17H,3,11-12,15H2,1-2H3,(H,29,30,33);2-6,9,11-12H,7-8,10H2,1H3,(H,22,23,26);3-5,10-11H,2H2,1H3;3-5H,2H2,1H3/t17-;12-;;/m11../s1. The molecule has 4 bridgehead atoms. The molecule has 0 radical (unpaired) electrons. The molecule has 9 aromatic rings. The molecule has 22 heteroatoms. The van der Waals surface area contributed by atoms with Crippen molar-refractivity contribution in [1.82, 2.24) is 54.4 Å². The summed E-state index contributed by atoms with van der Waals surface area (Å²) < 4.78 is 18.1. The van der Waals surface area contributed by atoms with Crippen molar-refractivity contribution in [2.24, 2.45) is 11.8 Å². The van der Waals surface area contributed by atoms with Crippen LogP contribution in [0.15, 0.2) is 145 Å². The van der Waals surface area contributed by atoms with Gasteiger partial charge in [-0.05, 0) is 167 Å². The van der Waals surface area contributed by atoms with Crippen LogP contribution >= 0.6 is 38.5 Å². The Kier molecular flexibility index (Phi) is 21.3. The third-order valence-corrected chi connectivity index (χ3v) is 14.2. The summed E-state index contributed by atoms with van der Waals surface area (Å²) in [6.07, 6.45) is 13.1. The zero-order valence-electron chi connectivity index (χ0n) is 45.6. The maximum atomic E-state index is 13.4. The molecule has 0 unspecified atom stereocenters. The summed E-state index contributed by atoms with van der Waals surface area (Å²) in [6, 6.07) is 33.7. The number of anilines is 2. The van der Waals surface area contributed by atoms with Gasteiger partial charge in [0.25, 0.3) is 11.8 Å². The molecule has 0 saturated carbocycles. The van der Waals surface area contributed by atoms with Gasteiger partial charge in [-0.15, -0.1) is 20.4 Å². The Bertz CT molecular complexity index is 3510. The van der Waals surface area contributed by atoms with E-state index in [9.17, 15) is 9.59 Å². The molecule has 2 amide bonds. The summed E-state index contributed by atoms with van der Waals surface area (Å²) >= 11 is 5.50. The van der Waals surface area contributed by atoms with Gasteiger partial charge in [-0.2, -0.15) is 0 Å². The van der Waals surface area contributed by atoms with Crippen molar-refractivity contribution in [3.05, 3.63) is 177 Å². The zero-order valence-corrected chi connectivity index (χ0v) is 49.3. The molecule has 2 aromatic carbocycles. The molecule has 2 atom stereocenters. The maximum Gasteiger partial charge on any atom is 0.490 e. The van der Waals surface area contributed by atoms with Crippen molar-refractivity contribution < 1.29 is 29.1 Å². The van der Waals surface area contributed by atoms with Gasteiger partial charge >= 0.3 is 7.12 Å². The van der Waals surface area contributed by atoms with E-state index in [0.717, 1.165) is 81.4 Å². The van der Waals surface area contributed by atoms with E-state index in [-0.39, 0.29) is 17.7 Å². The number of pyridine rings is 5. The fourth-order valence-corrected chi connectivity index (χ4v) is 8.97. The second-order valence-electron chi connectivity index (χ2n) is 19.2. The first-order chi connectivity index (χ1) is 39.3. The van der Waals surface area contributed by atoms with Gasteiger partial charge in [0.15, 0.2) is 11.6 Å². The first-order valence-corrected chi connectivity index (χ1v) is 28.5. The molecule has 0 fully saturated rings. The quantitative estimate of drug-likeness (QED) is 0.0925. The van der Waals surface area contributed by atoms with Crippen LogP contribution in [0.3, 0.4) is 0 Å². The Morgan fingerprint density at radius 2 is 1.11 bits per heavy atom.